The van der Waals surface area contributed by atoms with Crippen LogP contribution in [0.15, 0.2) is 23.0 Å². The molecule has 1 aromatic heterocycles. The maximum absolute atomic E-state index is 10.8. The number of hydrogen-bond acceptors (Lipinski definition) is 3. The summed E-state index contributed by atoms with van der Waals surface area (Å²) in [6.07, 6.45) is 0. The molecule has 0 spiro atoms. The van der Waals surface area contributed by atoms with Gasteiger partial charge in [0.25, 0.3) is 0 Å². The van der Waals surface area contributed by atoms with Gasteiger partial charge in [-0.1, -0.05) is 6.07 Å². The van der Waals surface area contributed by atoms with Gasteiger partial charge in [-0.3, -0.25) is 0 Å². The minimum Gasteiger partial charge on any atom is -0.761 e. The Hall–Kier alpha value is -1.75. The molecule has 0 unspecified atom stereocenters. The van der Waals surface area contributed by atoms with E-state index >= 15 is 0 Å². The van der Waals surface area contributed by atoms with Crippen molar-refractivity contribution in [2.45, 2.75) is 0 Å². The fraction of sp³-hybridized carbons (Fsp3) is 0. The van der Waals surface area contributed by atoms with Gasteiger partial charge < -0.3 is 20.7 Å². The molecule has 0 aliphatic carbocycles. The highest BCUT2D eigenvalue weighted by atomic mass is 16.5. The van der Waals surface area contributed by atoms with Crippen LogP contribution < -0.4 is 11.2 Å². The minimum absolute atomic E-state index is 0.312. The van der Waals surface area contributed by atoms with Crippen molar-refractivity contribution in [1.29, 1.82) is 0 Å². The molecule has 2 rings (SSSR count). The average Bonchev–Trinajstić information content (AvgIpc) is 2.44. The van der Waals surface area contributed by atoms with Crippen LogP contribution in [0.4, 0.5) is 5.69 Å². The molecule has 0 amide bonds. The predicted octanol–water partition coefficient (Wildman–Crippen LogP) is 0.766. The van der Waals surface area contributed by atoms with E-state index in [1.165, 1.54) is 0 Å². The molecule has 0 aliphatic heterocycles. The van der Waals surface area contributed by atoms with Gasteiger partial charge in [-0.05, 0) is 12.1 Å². The van der Waals surface area contributed by atoms with Gasteiger partial charge in [0.1, 0.15) is 0 Å². The first-order chi connectivity index (χ1) is 5.81. The van der Waals surface area contributed by atoms with Crippen LogP contribution >= 0.6 is 0 Å². The normalized spacial score (nSPS) is 10.4. The van der Waals surface area contributed by atoms with Crippen molar-refractivity contribution in [1.82, 2.24) is 9.97 Å². The van der Waals surface area contributed by atoms with E-state index < -0.39 is 0 Å². The van der Waals surface area contributed by atoms with Gasteiger partial charge in [0.05, 0.1) is 11.0 Å². The molecular weight excluding hydrogens is 158 g/mol. The lowest BCUT2D eigenvalue weighted by molar-refractivity contribution is 1.21. The first-order valence-electron chi connectivity index (χ1n) is 3.40. The smallest absolute Gasteiger partial charge is 0.323 e. The van der Waals surface area contributed by atoms with E-state index in [1.807, 2.05) is 0 Å². The van der Waals surface area contributed by atoms with E-state index in [0.717, 1.165) is 0 Å². The van der Waals surface area contributed by atoms with Crippen molar-refractivity contribution >= 4 is 16.7 Å². The van der Waals surface area contributed by atoms with Gasteiger partial charge >= 0.3 is 5.69 Å². The third-order valence-corrected chi connectivity index (χ3v) is 1.66. The molecular formula is C7H6N3O2-. The molecule has 0 aliphatic rings. The molecule has 3 N–H and O–H groups in total. The lowest BCUT2D eigenvalue weighted by Crippen LogP contribution is -1.99. The zero-order valence-electron chi connectivity index (χ0n) is 6.05. The molecule has 5 nitrogen and oxygen atoms in total. The van der Waals surface area contributed by atoms with E-state index in [0.29, 0.717) is 16.7 Å². The molecule has 12 heavy (non-hydrogen) atoms. The maximum Gasteiger partial charge on any atom is 0.323 e. The first-order valence-corrected chi connectivity index (χ1v) is 3.40. The molecule has 2 aromatic rings. The number of nitrogens with one attached hydrogen (secondary N) is 3. The predicted molar refractivity (Wildman–Crippen MR) is 45.9 cm³/mol. The molecule has 1 aromatic carbocycles. The van der Waals surface area contributed by atoms with Gasteiger partial charge in [0, 0.05) is 5.69 Å². The van der Waals surface area contributed by atoms with Crippen molar-refractivity contribution in [2.24, 2.45) is 0 Å². The minimum atomic E-state index is -0.312. The van der Waals surface area contributed by atoms with Crippen LogP contribution in [0.3, 0.4) is 0 Å². The van der Waals surface area contributed by atoms with E-state index in [2.05, 4.69) is 9.97 Å². The fourth-order valence-electron chi connectivity index (χ4n) is 1.14. The molecule has 0 atom stereocenters. The highest BCUT2D eigenvalue weighted by Gasteiger charge is 1.99. The average molecular weight is 164 g/mol. The van der Waals surface area contributed by atoms with Crippen molar-refractivity contribution in [2.75, 3.05) is 5.48 Å². The highest BCUT2D eigenvalue weighted by molar-refractivity contribution is 5.87. The largest absolute Gasteiger partial charge is 0.761 e. The summed E-state index contributed by atoms with van der Waals surface area (Å²) in [6.45, 7) is 0. The van der Waals surface area contributed by atoms with Crippen molar-refractivity contribution in [3.8, 4) is 0 Å². The lowest BCUT2D eigenvalue weighted by Gasteiger charge is -2.08. The number of aromatic nitrogens is 2. The van der Waals surface area contributed by atoms with Crippen LogP contribution in [0.2, 0.25) is 0 Å². The Morgan fingerprint density at radius 1 is 1.33 bits per heavy atom. The number of anilines is 1. The van der Waals surface area contributed by atoms with Crippen LogP contribution in [0.1, 0.15) is 0 Å². The quantitative estimate of drug-likeness (QED) is 0.544. The molecule has 0 fully saturated rings. The second-order valence-corrected chi connectivity index (χ2v) is 2.41. The highest BCUT2D eigenvalue weighted by Crippen LogP contribution is 2.17. The van der Waals surface area contributed by atoms with E-state index in [1.54, 1.807) is 23.7 Å². The molecule has 1 heterocycles. The second kappa shape index (κ2) is 2.38. The first kappa shape index (κ1) is 6.93. The molecule has 0 saturated heterocycles. The maximum atomic E-state index is 10.8. The van der Waals surface area contributed by atoms with Crippen LogP contribution in [0, 0.1) is 5.21 Å². The Balaban J connectivity index is 2.87. The monoisotopic (exact) mass is 164 g/mol. The standard InChI is InChI=1S/C7H6N3O2/c11-7-8-4-2-1-3-5(10-12)6(4)9-7/h1-3,10H,(H2,8,9,11)/q-1. The van der Waals surface area contributed by atoms with Crippen LogP contribution in [0.5, 0.6) is 0 Å². The van der Waals surface area contributed by atoms with Crippen molar-refractivity contribution in [3.63, 3.8) is 0 Å². The van der Waals surface area contributed by atoms with Gasteiger partial charge in [-0.2, -0.15) is 0 Å². The molecule has 0 bridgehead atoms. The Bertz CT molecular complexity index is 457. The van der Waals surface area contributed by atoms with Gasteiger partial charge in [-0.25, -0.2) is 4.79 Å². The number of benzene rings is 1. The fourth-order valence-corrected chi connectivity index (χ4v) is 1.14. The summed E-state index contributed by atoms with van der Waals surface area (Å²) in [5, 5.41) is 10.4. The second-order valence-electron chi connectivity index (χ2n) is 2.41. The summed E-state index contributed by atoms with van der Waals surface area (Å²) < 4.78 is 0. The Morgan fingerprint density at radius 3 is 2.92 bits per heavy atom. The summed E-state index contributed by atoms with van der Waals surface area (Å²) in [5.74, 6) is 0. The molecule has 5 heteroatoms. The summed E-state index contributed by atoms with van der Waals surface area (Å²) in [7, 11) is 0. The van der Waals surface area contributed by atoms with E-state index in [-0.39, 0.29) is 5.69 Å². The summed E-state index contributed by atoms with van der Waals surface area (Å²) >= 11 is 0. The number of para-hydroxylation sites is 1. The Morgan fingerprint density at radius 2 is 2.17 bits per heavy atom. The number of rotatable bonds is 1. The topological polar surface area (TPSA) is 83.7 Å². The van der Waals surface area contributed by atoms with Crippen LogP contribution in [-0.2, 0) is 0 Å². The number of hydrogen-bond donors (Lipinski definition) is 3. The van der Waals surface area contributed by atoms with Crippen molar-refractivity contribution < 1.29 is 0 Å². The van der Waals surface area contributed by atoms with Crippen molar-refractivity contribution in [3.05, 3.63) is 33.9 Å². The van der Waals surface area contributed by atoms with Crippen LogP contribution in [-0.4, -0.2) is 9.97 Å². The zero-order chi connectivity index (χ0) is 8.55. The number of fused-ring (bicyclic) bond motifs is 1. The van der Waals surface area contributed by atoms with Crippen LogP contribution in [0.25, 0.3) is 11.0 Å². The third kappa shape index (κ3) is 0.876. The molecule has 62 valence electrons. The van der Waals surface area contributed by atoms with E-state index in [9.17, 15) is 10.0 Å². The number of H-pyrrole nitrogens is 2. The zero-order valence-corrected chi connectivity index (χ0v) is 6.05. The van der Waals surface area contributed by atoms with Gasteiger partial charge in [-0.15, -0.1) is 0 Å². The third-order valence-electron chi connectivity index (χ3n) is 1.66. The molecule has 0 saturated carbocycles. The SMILES string of the molecule is O=c1[nH]c2cccc(N[O-])c2[nH]1. The van der Waals surface area contributed by atoms with Gasteiger partial charge in [0.2, 0.25) is 0 Å². The van der Waals surface area contributed by atoms with Gasteiger partial charge in [0.15, 0.2) is 0 Å². The Labute approximate surface area is 67.0 Å². The number of aromatic amines is 2. The Kier molecular flexibility index (Phi) is 1.38. The molecule has 0 radical (unpaired) electrons. The summed E-state index contributed by atoms with van der Waals surface area (Å²) in [5.41, 5.74) is 2.93. The number of imidazole rings is 1. The summed E-state index contributed by atoms with van der Waals surface area (Å²) in [6, 6.07) is 5.00. The summed E-state index contributed by atoms with van der Waals surface area (Å²) in [4.78, 5) is 15.9. The lowest BCUT2D eigenvalue weighted by atomic mass is 10.3. The van der Waals surface area contributed by atoms with E-state index in [4.69, 9.17) is 0 Å².